The molecular weight excluding hydrogens is 345 g/mol. The number of carbonyl (C=O) groups is 1. The van der Waals surface area contributed by atoms with Crippen LogP contribution in [0.5, 0.6) is 0 Å². The quantitative estimate of drug-likeness (QED) is 0.828. The molecule has 1 aromatic carbocycles. The van der Waals surface area contributed by atoms with Crippen molar-refractivity contribution in [3.8, 4) is 0 Å². The van der Waals surface area contributed by atoms with Crippen molar-refractivity contribution in [2.75, 3.05) is 6.54 Å². The number of halogens is 2. The standard InChI is InChI=1S/C18H15ClFN3O2/c19-13-7-12-10-23(6-5-15(12)21-9-13)18(24)17-8-16(22-25-17)11-1-3-14(20)4-2-11/h1-4,7,9,17H,5-6,8,10H2/t17-/m0/s1. The van der Waals surface area contributed by atoms with Crippen LogP contribution < -0.4 is 0 Å². The zero-order chi connectivity index (χ0) is 17.4. The summed E-state index contributed by atoms with van der Waals surface area (Å²) in [5.41, 5.74) is 3.35. The Morgan fingerprint density at radius 1 is 1.32 bits per heavy atom. The number of amides is 1. The average Bonchev–Trinajstić information content (AvgIpc) is 3.11. The fourth-order valence-electron chi connectivity index (χ4n) is 3.11. The molecular formula is C18H15ClFN3O2. The summed E-state index contributed by atoms with van der Waals surface area (Å²) in [7, 11) is 0. The number of benzene rings is 1. The van der Waals surface area contributed by atoms with Crippen molar-refractivity contribution < 1.29 is 14.0 Å². The maximum absolute atomic E-state index is 13.0. The van der Waals surface area contributed by atoms with Crippen molar-refractivity contribution in [1.82, 2.24) is 9.88 Å². The summed E-state index contributed by atoms with van der Waals surface area (Å²) in [4.78, 5) is 24.1. The molecule has 1 amide bonds. The molecule has 0 saturated carbocycles. The molecule has 25 heavy (non-hydrogen) atoms. The van der Waals surface area contributed by atoms with Crippen LogP contribution in [-0.4, -0.2) is 34.2 Å². The van der Waals surface area contributed by atoms with E-state index in [1.165, 1.54) is 12.1 Å². The molecule has 3 heterocycles. The van der Waals surface area contributed by atoms with Crippen LogP contribution in [0.15, 0.2) is 41.7 Å². The van der Waals surface area contributed by atoms with Crippen LogP contribution in [0.1, 0.15) is 23.2 Å². The molecule has 0 spiro atoms. The predicted octanol–water partition coefficient (Wildman–Crippen LogP) is 2.95. The van der Waals surface area contributed by atoms with Gasteiger partial charge >= 0.3 is 0 Å². The first-order valence-corrected chi connectivity index (χ1v) is 8.38. The summed E-state index contributed by atoms with van der Waals surface area (Å²) in [6, 6.07) is 7.85. The van der Waals surface area contributed by atoms with E-state index in [0.717, 1.165) is 16.8 Å². The molecule has 0 radical (unpaired) electrons. The highest BCUT2D eigenvalue weighted by Gasteiger charge is 2.34. The molecule has 1 aromatic heterocycles. The molecule has 0 N–H and O–H groups in total. The van der Waals surface area contributed by atoms with Gasteiger partial charge in [-0.15, -0.1) is 0 Å². The van der Waals surface area contributed by atoms with E-state index in [1.807, 2.05) is 6.07 Å². The van der Waals surface area contributed by atoms with Gasteiger partial charge in [-0.3, -0.25) is 9.78 Å². The van der Waals surface area contributed by atoms with E-state index in [1.54, 1.807) is 23.2 Å². The van der Waals surface area contributed by atoms with Crippen LogP contribution in [0.25, 0.3) is 0 Å². The van der Waals surface area contributed by atoms with Gasteiger partial charge in [-0.05, 0) is 29.3 Å². The van der Waals surface area contributed by atoms with Crippen molar-refractivity contribution in [3.63, 3.8) is 0 Å². The van der Waals surface area contributed by atoms with Crippen molar-refractivity contribution in [2.45, 2.75) is 25.5 Å². The van der Waals surface area contributed by atoms with E-state index in [0.29, 0.717) is 36.7 Å². The molecule has 0 aliphatic carbocycles. The lowest BCUT2D eigenvalue weighted by molar-refractivity contribution is -0.143. The Balaban J connectivity index is 1.44. The normalized spacial score (nSPS) is 19.2. The lowest BCUT2D eigenvalue weighted by Crippen LogP contribution is -2.42. The van der Waals surface area contributed by atoms with E-state index in [2.05, 4.69) is 10.1 Å². The molecule has 7 heteroatoms. The number of carbonyl (C=O) groups excluding carboxylic acids is 1. The molecule has 4 rings (SSSR count). The maximum Gasteiger partial charge on any atom is 0.267 e. The van der Waals surface area contributed by atoms with Gasteiger partial charge in [-0.1, -0.05) is 28.9 Å². The molecule has 0 saturated heterocycles. The van der Waals surface area contributed by atoms with Gasteiger partial charge in [0.15, 0.2) is 0 Å². The van der Waals surface area contributed by atoms with Crippen molar-refractivity contribution in [3.05, 3.63) is 64.2 Å². The van der Waals surface area contributed by atoms with Gasteiger partial charge in [-0.2, -0.15) is 0 Å². The largest absolute Gasteiger partial charge is 0.382 e. The zero-order valence-corrected chi connectivity index (χ0v) is 14.0. The first kappa shape index (κ1) is 16.0. The minimum atomic E-state index is -0.645. The van der Waals surface area contributed by atoms with Crippen molar-refractivity contribution >= 4 is 23.2 Å². The van der Waals surface area contributed by atoms with E-state index >= 15 is 0 Å². The predicted molar refractivity (Wildman–Crippen MR) is 90.8 cm³/mol. The maximum atomic E-state index is 13.0. The van der Waals surface area contributed by atoms with Gasteiger partial charge in [0.05, 0.1) is 10.7 Å². The SMILES string of the molecule is O=C([C@@H]1CC(c2ccc(F)cc2)=NO1)N1CCc2ncc(Cl)cc2C1. The van der Waals surface area contributed by atoms with Gasteiger partial charge in [0.2, 0.25) is 6.10 Å². The molecule has 128 valence electrons. The first-order valence-electron chi connectivity index (χ1n) is 8.01. The fourth-order valence-corrected chi connectivity index (χ4v) is 3.29. The number of hydrogen-bond donors (Lipinski definition) is 0. The van der Waals surface area contributed by atoms with Crippen LogP contribution in [-0.2, 0) is 22.6 Å². The first-order chi connectivity index (χ1) is 12.1. The zero-order valence-electron chi connectivity index (χ0n) is 13.3. The smallest absolute Gasteiger partial charge is 0.267 e. The van der Waals surface area contributed by atoms with E-state index in [-0.39, 0.29) is 11.7 Å². The number of fused-ring (bicyclic) bond motifs is 1. The summed E-state index contributed by atoms with van der Waals surface area (Å²) < 4.78 is 13.0. The van der Waals surface area contributed by atoms with E-state index in [9.17, 15) is 9.18 Å². The van der Waals surface area contributed by atoms with Crippen LogP contribution in [0.4, 0.5) is 4.39 Å². The Morgan fingerprint density at radius 2 is 2.12 bits per heavy atom. The second-order valence-electron chi connectivity index (χ2n) is 6.11. The topological polar surface area (TPSA) is 54.8 Å². The molecule has 2 aromatic rings. The van der Waals surface area contributed by atoms with Gasteiger partial charge in [0.1, 0.15) is 5.82 Å². The molecule has 1 atom stereocenters. The highest BCUT2D eigenvalue weighted by Crippen LogP contribution is 2.24. The second kappa shape index (κ2) is 6.44. The van der Waals surface area contributed by atoms with Crippen molar-refractivity contribution in [1.29, 1.82) is 0 Å². The number of nitrogens with zero attached hydrogens (tertiary/aromatic N) is 3. The molecule has 2 aliphatic heterocycles. The van der Waals surface area contributed by atoms with Crippen LogP contribution in [0, 0.1) is 5.82 Å². The lowest BCUT2D eigenvalue weighted by atomic mass is 10.0. The Kier molecular flexibility index (Phi) is 4.13. The Morgan fingerprint density at radius 3 is 2.92 bits per heavy atom. The second-order valence-corrected chi connectivity index (χ2v) is 6.55. The minimum Gasteiger partial charge on any atom is -0.382 e. The lowest BCUT2D eigenvalue weighted by Gasteiger charge is -2.29. The van der Waals surface area contributed by atoms with Crippen LogP contribution >= 0.6 is 11.6 Å². The van der Waals surface area contributed by atoms with Crippen LogP contribution in [0.3, 0.4) is 0 Å². The molecule has 0 bridgehead atoms. The van der Waals surface area contributed by atoms with Gasteiger partial charge in [0, 0.05) is 37.8 Å². The Labute approximate surface area is 149 Å². The van der Waals surface area contributed by atoms with E-state index < -0.39 is 6.10 Å². The third-order valence-electron chi connectivity index (χ3n) is 4.44. The highest BCUT2D eigenvalue weighted by atomic mass is 35.5. The van der Waals surface area contributed by atoms with E-state index in [4.69, 9.17) is 16.4 Å². The summed E-state index contributed by atoms with van der Waals surface area (Å²) in [6.45, 7) is 1.06. The third kappa shape index (κ3) is 3.22. The summed E-state index contributed by atoms with van der Waals surface area (Å²) in [6.07, 6.45) is 2.05. The fraction of sp³-hybridized carbons (Fsp3) is 0.278. The number of oxime groups is 1. The molecule has 5 nitrogen and oxygen atoms in total. The van der Waals surface area contributed by atoms with Gasteiger partial charge in [0.25, 0.3) is 5.91 Å². The number of aromatic nitrogens is 1. The van der Waals surface area contributed by atoms with Crippen molar-refractivity contribution in [2.24, 2.45) is 5.16 Å². The summed E-state index contributed by atoms with van der Waals surface area (Å²) in [5.74, 6) is -0.415. The number of rotatable bonds is 2. The third-order valence-corrected chi connectivity index (χ3v) is 4.65. The minimum absolute atomic E-state index is 0.105. The molecule has 2 aliphatic rings. The Hall–Kier alpha value is -2.47. The highest BCUT2D eigenvalue weighted by molar-refractivity contribution is 6.30. The molecule has 0 unspecified atom stereocenters. The molecule has 0 fully saturated rings. The van der Waals surface area contributed by atoms with Gasteiger partial charge < -0.3 is 9.74 Å². The summed E-state index contributed by atoms with van der Waals surface area (Å²) in [5, 5.41) is 4.57. The summed E-state index contributed by atoms with van der Waals surface area (Å²) >= 11 is 5.99. The average molecular weight is 360 g/mol. The Bertz CT molecular complexity index is 854. The number of pyridine rings is 1. The number of hydrogen-bond acceptors (Lipinski definition) is 4. The van der Waals surface area contributed by atoms with Crippen LogP contribution in [0.2, 0.25) is 5.02 Å². The van der Waals surface area contributed by atoms with Gasteiger partial charge in [-0.25, -0.2) is 4.39 Å². The monoisotopic (exact) mass is 359 g/mol.